The minimum atomic E-state index is -2.21. The molecule has 1 aliphatic rings. The van der Waals surface area contributed by atoms with E-state index in [0.717, 1.165) is 6.92 Å². The van der Waals surface area contributed by atoms with Crippen LogP contribution >= 0.6 is 0 Å². The van der Waals surface area contributed by atoms with E-state index >= 15 is 0 Å². The highest BCUT2D eigenvalue weighted by Gasteiger charge is 2.54. The Kier molecular flexibility index (Phi) is 6.38. The fourth-order valence-electron chi connectivity index (χ4n) is 2.22. The average Bonchev–Trinajstić information content (AvgIpc) is 2.50. The second-order valence-electron chi connectivity index (χ2n) is 5.48. The molecule has 10 heteroatoms. The van der Waals surface area contributed by atoms with Crippen molar-refractivity contribution >= 4 is 5.78 Å². The van der Waals surface area contributed by atoms with Gasteiger partial charge in [-0.25, -0.2) is 0 Å². The van der Waals surface area contributed by atoms with Crippen LogP contribution in [-0.4, -0.2) is 108 Å². The van der Waals surface area contributed by atoms with E-state index in [1.165, 1.54) is 0 Å². The van der Waals surface area contributed by atoms with Gasteiger partial charge in [0.05, 0.1) is 13.2 Å². The summed E-state index contributed by atoms with van der Waals surface area (Å²) >= 11 is 0. The summed E-state index contributed by atoms with van der Waals surface area (Å²) in [5, 5.41) is 75.8. The van der Waals surface area contributed by atoms with Gasteiger partial charge in [0.25, 0.3) is 0 Å². The van der Waals surface area contributed by atoms with Gasteiger partial charge in [-0.3, -0.25) is 4.79 Å². The van der Waals surface area contributed by atoms with E-state index in [9.17, 15) is 35.4 Å². The van der Waals surface area contributed by atoms with Crippen LogP contribution in [0.25, 0.3) is 0 Å². The first-order valence-electron chi connectivity index (χ1n) is 6.63. The number of aliphatic hydroxyl groups is 8. The third-order valence-corrected chi connectivity index (χ3v) is 3.84. The molecule has 1 unspecified atom stereocenters. The zero-order valence-electron chi connectivity index (χ0n) is 11.8. The SMILES string of the molecule is C[C@]1(O)[C@H](O)[C@@H](O)C(C(=O)[C@H](O)[C@@H](O)[C@H](O)CO)O[C@@H]1CO. The van der Waals surface area contributed by atoms with Gasteiger partial charge in [-0.1, -0.05) is 0 Å². The minimum Gasteiger partial charge on any atom is -0.394 e. The van der Waals surface area contributed by atoms with Gasteiger partial charge in [-0.2, -0.15) is 0 Å². The Morgan fingerprint density at radius 1 is 1.23 bits per heavy atom. The number of ether oxygens (including phenoxy) is 1. The summed E-state index contributed by atoms with van der Waals surface area (Å²) in [6, 6.07) is 0. The van der Waals surface area contributed by atoms with Gasteiger partial charge in [0.15, 0.2) is 5.78 Å². The van der Waals surface area contributed by atoms with E-state index in [4.69, 9.17) is 14.9 Å². The van der Waals surface area contributed by atoms with Gasteiger partial charge in [-0.05, 0) is 6.92 Å². The Morgan fingerprint density at radius 3 is 2.23 bits per heavy atom. The third-order valence-electron chi connectivity index (χ3n) is 3.84. The first-order valence-corrected chi connectivity index (χ1v) is 6.63. The molecule has 0 aromatic heterocycles. The summed E-state index contributed by atoms with van der Waals surface area (Å²) in [5.74, 6) is -1.28. The third kappa shape index (κ3) is 3.45. The predicted octanol–water partition coefficient (Wildman–Crippen LogP) is -5.14. The summed E-state index contributed by atoms with van der Waals surface area (Å²) in [6.45, 7) is -0.613. The lowest BCUT2D eigenvalue weighted by Gasteiger charge is -2.46. The second-order valence-corrected chi connectivity index (χ2v) is 5.48. The van der Waals surface area contributed by atoms with E-state index < -0.39 is 67.3 Å². The number of hydrogen-bond acceptors (Lipinski definition) is 10. The largest absolute Gasteiger partial charge is 0.394 e. The monoisotopic (exact) mass is 326 g/mol. The van der Waals surface area contributed by atoms with Crippen LogP contribution in [0, 0.1) is 0 Å². The quantitative estimate of drug-likeness (QED) is 0.234. The number of carbonyl (C=O) groups excluding carboxylic acids is 1. The van der Waals surface area contributed by atoms with Crippen LogP contribution < -0.4 is 0 Å². The van der Waals surface area contributed by atoms with Crippen LogP contribution in [0.1, 0.15) is 6.92 Å². The fourth-order valence-corrected chi connectivity index (χ4v) is 2.22. The second kappa shape index (κ2) is 7.25. The summed E-state index contributed by atoms with van der Waals surface area (Å²) in [4.78, 5) is 12.0. The molecule has 0 spiro atoms. The normalized spacial score (nSPS) is 40.0. The van der Waals surface area contributed by atoms with Gasteiger partial charge >= 0.3 is 0 Å². The zero-order chi connectivity index (χ0) is 17.2. The van der Waals surface area contributed by atoms with Gasteiger partial charge in [0.2, 0.25) is 0 Å². The number of hydrogen-bond donors (Lipinski definition) is 8. The number of Topliss-reactive ketones (excluding diaryl/α,β-unsaturated/α-hetero) is 1. The molecule has 0 aromatic rings. The van der Waals surface area contributed by atoms with Gasteiger partial charge in [0.1, 0.15) is 48.3 Å². The van der Waals surface area contributed by atoms with Crippen LogP contribution in [0.15, 0.2) is 0 Å². The lowest BCUT2D eigenvalue weighted by atomic mass is 9.82. The Balaban J connectivity index is 2.93. The Labute approximate surface area is 125 Å². The van der Waals surface area contributed by atoms with E-state index in [0.29, 0.717) is 0 Å². The molecule has 0 bridgehead atoms. The lowest BCUT2D eigenvalue weighted by molar-refractivity contribution is -0.266. The molecule has 1 fully saturated rings. The highest BCUT2D eigenvalue weighted by Crippen LogP contribution is 2.30. The maximum Gasteiger partial charge on any atom is 0.195 e. The van der Waals surface area contributed by atoms with Crippen LogP contribution in [0.3, 0.4) is 0 Å². The molecule has 0 radical (unpaired) electrons. The van der Waals surface area contributed by atoms with E-state index in [1.807, 2.05) is 0 Å². The molecule has 10 nitrogen and oxygen atoms in total. The van der Waals surface area contributed by atoms with E-state index in [2.05, 4.69) is 0 Å². The van der Waals surface area contributed by atoms with Crippen LogP contribution in [-0.2, 0) is 9.53 Å². The Bertz CT molecular complexity index is 382. The molecule has 1 heterocycles. The molecule has 1 saturated heterocycles. The van der Waals surface area contributed by atoms with E-state index in [1.54, 1.807) is 0 Å². The van der Waals surface area contributed by atoms with Crippen molar-refractivity contribution in [3.8, 4) is 0 Å². The van der Waals surface area contributed by atoms with Crippen molar-refractivity contribution in [1.29, 1.82) is 0 Å². The topological polar surface area (TPSA) is 188 Å². The molecular weight excluding hydrogens is 304 g/mol. The number of carbonyl (C=O) groups is 1. The predicted molar refractivity (Wildman–Crippen MR) is 68.5 cm³/mol. The summed E-state index contributed by atoms with van der Waals surface area (Å²) in [7, 11) is 0. The van der Waals surface area contributed by atoms with Crippen molar-refractivity contribution < 1.29 is 50.4 Å². The number of ketones is 1. The minimum absolute atomic E-state index is 0.779. The molecule has 0 aromatic carbocycles. The van der Waals surface area contributed by atoms with Crippen molar-refractivity contribution in [2.24, 2.45) is 0 Å². The van der Waals surface area contributed by atoms with Crippen molar-refractivity contribution in [2.75, 3.05) is 13.2 Å². The Hall–Kier alpha value is -0.690. The molecule has 22 heavy (non-hydrogen) atoms. The molecule has 1 rings (SSSR count). The molecule has 0 saturated carbocycles. The highest BCUT2D eigenvalue weighted by molar-refractivity contribution is 5.88. The fraction of sp³-hybridized carbons (Fsp3) is 0.917. The van der Waals surface area contributed by atoms with Crippen molar-refractivity contribution in [2.45, 2.75) is 55.3 Å². The number of aliphatic hydroxyl groups excluding tert-OH is 7. The van der Waals surface area contributed by atoms with E-state index in [-0.39, 0.29) is 0 Å². The van der Waals surface area contributed by atoms with Gasteiger partial charge in [-0.15, -0.1) is 0 Å². The summed E-state index contributed by atoms with van der Waals surface area (Å²) in [6.07, 6.45) is -13.1. The maximum absolute atomic E-state index is 12.0. The average molecular weight is 326 g/mol. The first-order chi connectivity index (χ1) is 10.1. The standard InChI is InChI=1S/C12H22O10/c1-12(21)5(3-14)22-10(9(19)11(12)20)8(18)7(17)6(16)4(15)2-13/h4-7,9-11,13-17,19-21H,2-3H2,1H3/t4-,5-,6+,7-,9+,10?,11-,12-/m1/s1. The van der Waals surface area contributed by atoms with Gasteiger partial charge < -0.3 is 45.6 Å². The molecule has 0 amide bonds. The summed E-state index contributed by atoms with van der Waals surface area (Å²) < 4.78 is 5.01. The zero-order valence-corrected chi connectivity index (χ0v) is 11.8. The van der Waals surface area contributed by atoms with Crippen molar-refractivity contribution in [3.05, 3.63) is 0 Å². The lowest BCUT2D eigenvalue weighted by Crippen LogP contribution is -2.68. The van der Waals surface area contributed by atoms with Crippen molar-refractivity contribution in [3.63, 3.8) is 0 Å². The maximum atomic E-state index is 12.0. The van der Waals surface area contributed by atoms with Crippen LogP contribution in [0.5, 0.6) is 0 Å². The number of rotatable bonds is 6. The summed E-state index contributed by atoms with van der Waals surface area (Å²) in [5.41, 5.74) is -2.04. The molecule has 130 valence electrons. The highest BCUT2D eigenvalue weighted by atomic mass is 16.6. The smallest absolute Gasteiger partial charge is 0.195 e. The molecule has 0 aliphatic carbocycles. The Morgan fingerprint density at radius 2 is 1.77 bits per heavy atom. The first kappa shape index (κ1) is 19.4. The van der Waals surface area contributed by atoms with Crippen molar-refractivity contribution in [1.82, 2.24) is 0 Å². The van der Waals surface area contributed by atoms with Crippen LogP contribution in [0.2, 0.25) is 0 Å². The molecule has 8 atom stereocenters. The van der Waals surface area contributed by atoms with Gasteiger partial charge in [0, 0.05) is 0 Å². The molecular formula is C12H22O10. The molecule has 8 N–H and O–H groups in total. The molecule has 1 aliphatic heterocycles. The van der Waals surface area contributed by atoms with Crippen LogP contribution in [0.4, 0.5) is 0 Å².